The number of benzene rings is 1. The van der Waals surface area contributed by atoms with Crippen molar-refractivity contribution in [3.8, 4) is 5.75 Å². The largest absolute Gasteiger partial charge is 0.486 e. The number of rotatable bonds is 6. The molecule has 0 atom stereocenters. The number of allylic oxidation sites excluding steroid dienone is 1. The Morgan fingerprint density at radius 2 is 2.08 bits per heavy atom. The molecule has 130 valence electrons. The lowest BCUT2D eigenvalue weighted by Gasteiger charge is -2.06. The Labute approximate surface area is 152 Å². The van der Waals surface area contributed by atoms with Crippen LogP contribution in [0.25, 0.3) is 6.08 Å². The first-order valence-corrected chi connectivity index (χ1v) is 8.74. The number of ketones is 1. The molecule has 0 spiro atoms. The second-order valence-corrected chi connectivity index (χ2v) is 6.32. The Bertz CT molecular complexity index is 941. The predicted octanol–water partition coefficient (Wildman–Crippen LogP) is 4.64. The molecule has 0 amide bonds. The van der Waals surface area contributed by atoms with Crippen LogP contribution in [0, 0.1) is 0 Å². The summed E-state index contributed by atoms with van der Waals surface area (Å²) in [4.78, 5) is 16.0. The van der Waals surface area contributed by atoms with E-state index >= 15 is 0 Å². The molecule has 2 aromatic heterocycles. The number of hydrogen-bond donors (Lipinski definition) is 0. The Morgan fingerprint density at radius 3 is 2.96 bits per heavy atom. The average Bonchev–Trinajstić information content (AvgIpc) is 3.34. The summed E-state index contributed by atoms with van der Waals surface area (Å²) in [6.07, 6.45) is 9.86. The molecule has 0 fully saturated rings. The van der Waals surface area contributed by atoms with E-state index in [9.17, 15) is 4.79 Å². The topological polar surface area (TPSA) is 52.3 Å². The van der Waals surface area contributed by atoms with Crippen LogP contribution in [0.15, 0.2) is 65.4 Å². The van der Waals surface area contributed by atoms with Crippen molar-refractivity contribution in [2.75, 3.05) is 0 Å². The van der Waals surface area contributed by atoms with Crippen molar-refractivity contribution in [2.24, 2.45) is 0 Å². The van der Waals surface area contributed by atoms with Crippen LogP contribution in [0.2, 0.25) is 0 Å². The fourth-order valence-corrected chi connectivity index (χ4v) is 3.12. The summed E-state index contributed by atoms with van der Waals surface area (Å²) in [5, 5.41) is 0. The Kier molecular flexibility index (Phi) is 4.65. The van der Waals surface area contributed by atoms with Gasteiger partial charge in [-0.3, -0.25) is 9.78 Å². The van der Waals surface area contributed by atoms with E-state index in [2.05, 4.69) is 17.1 Å². The molecule has 0 saturated carbocycles. The third-order valence-electron chi connectivity index (χ3n) is 4.48. The number of fused-ring (bicyclic) bond motifs is 1. The normalized spacial score (nSPS) is 13.1. The lowest BCUT2D eigenvalue weighted by atomic mass is 10.1. The number of furan rings is 1. The van der Waals surface area contributed by atoms with Crippen LogP contribution in [-0.4, -0.2) is 10.8 Å². The molecule has 0 unspecified atom stereocenters. The maximum absolute atomic E-state index is 12.0. The highest BCUT2D eigenvalue weighted by molar-refractivity contribution is 6.06. The highest BCUT2D eigenvalue weighted by Gasteiger charge is 2.11. The van der Waals surface area contributed by atoms with Crippen molar-refractivity contribution in [2.45, 2.75) is 25.9 Å². The summed E-state index contributed by atoms with van der Waals surface area (Å²) in [5.74, 6) is 2.10. The lowest BCUT2D eigenvalue weighted by Crippen LogP contribution is -1.95. The zero-order chi connectivity index (χ0) is 17.8. The molecule has 4 rings (SSSR count). The SMILES string of the molecule is O=C(/C=C/c1ccc(COc2ccc3c(c2)CCC3)o1)c1cccnc1. The van der Waals surface area contributed by atoms with E-state index in [1.165, 1.54) is 30.0 Å². The second kappa shape index (κ2) is 7.40. The zero-order valence-electron chi connectivity index (χ0n) is 14.4. The number of aromatic nitrogens is 1. The highest BCUT2D eigenvalue weighted by atomic mass is 16.5. The van der Waals surface area contributed by atoms with Gasteiger partial charge in [0.2, 0.25) is 0 Å². The van der Waals surface area contributed by atoms with Gasteiger partial charge >= 0.3 is 0 Å². The van der Waals surface area contributed by atoms with Gasteiger partial charge in [0.15, 0.2) is 5.78 Å². The van der Waals surface area contributed by atoms with Crippen LogP contribution < -0.4 is 4.74 Å². The van der Waals surface area contributed by atoms with E-state index < -0.39 is 0 Å². The first-order chi connectivity index (χ1) is 12.8. The van der Waals surface area contributed by atoms with Crippen LogP contribution in [0.5, 0.6) is 5.75 Å². The fraction of sp³-hybridized carbons (Fsp3) is 0.182. The third-order valence-corrected chi connectivity index (χ3v) is 4.48. The molecule has 4 heteroatoms. The molecular formula is C22H19NO3. The minimum Gasteiger partial charge on any atom is -0.486 e. The third kappa shape index (κ3) is 3.75. The van der Waals surface area contributed by atoms with E-state index in [-0.39, 0.29) is 5.78 Å². The van der Waals surface area contributed by atoms with Gasteiger partial charge in [-0.2, -0.15) is 0 Å². The number of ether oxygens (including phenoxy) is 1. The first kappa shape index (κ1) is 16.3. The van der Waals surface area contributed by atoms with Gasteiger partial charge in [-0.1, -0.05) is 6.07 Å². The number of carbonyl (C=O) groups excluding carboxylic acids is 1. The standard InChI is InChI=1S/C22H19NO3/c24-22(18-5-2-12-23-14-18)11-10-19-8-9-21(26-19)15-25-20-7-6-16-3-1-4-17(16)13-20/h2,5-14H,1,3-4,15H2/b11-10+. The monoisotopic (exact) mass is 345 g/mol. The van der Waals surface area contributed by atoms with Gasteiger partial charge in [0.1, 0.15) is 23.9 Å². The van der Waals surface area contributed by atoms with Gasteiger partial charge in [0.05, 0.1) is 0 Å². The van der Waals surface area contributed by atoms with Crippen molar-refractivity contribution in [3.05, 3.63) is 89.1 Å². The minimum atomic E-state index is -0.106. The van der Waals surface area contributed by atoms with Gasteiger partial charge in [-0.25, -0.2) is 0 Å². The van der Waals surface area contributed by atoms with Gasteiger partial charge in [0.25, 0.3) is 0 Å². The van der Waals surface area contributed by atoms with Crippen LogP contribution in [0.4, 0.5) is 0 Å². The summed E-state index contributed by atoms with van der Waals surface area (Å²) < 4.78 is 11.5. The molecule has 0 N–H and O–H groups in total. The van der Waals surface area contributed by atoms with Crippen LogP contribution >= 0.6 is 0 Å². The minimum absolute atomic E-state index is 0.106. The maximum Gasteiger partial charge on any atom is 0.187 e. The number of pyridine rings is 1. The van der Waals surface area contributed by atoms with Crippen molar-refractivity contribution in [1.82, 2.24) is 4.98 Å². The van der Waals surface area contributed by atoms with Crippen LogP contribution in [-0.2, 0) is 19.4 Å². The second-order valence-electron chi connectivity index (χ2n) is 6.32. The van der Waals surface area contributed by atoms with E-state index in [4.69, 9.17) is 9.15 Å². The van der Waals surface area contributed by atoms with Crippen LogP contribution in [0.3, 0.4) is 0 Å². The Balaban J connectivity index is 1.36. The Hall–Kier alpha value is -3.14. The molecule has 1 aliphatic carbocycles. The van der Waals surface area contributed by atoms with E-state index in [0.717, 1.165) is 17.9 Å². The van der Waals surface area contributed by atoms with E-state index in [1.807, 2.05) is 18.2 Å². The maximum atomic E-state index is 12.0. The predicted molar refractivity (Wildman–Crippen MR) is 99.1 cm³/mol. The van der Waals surface area contributed by atoms with Crippen LogP contribution in [0.1, 0.15) is 39.4 Å². The lowest BCUT2D eigenvalue weighted by molar-refractivity contribution is 0.104. The quantitative estimate of drug-likeness (QED) is 0.482. The van der Waals surface area contributed by atoms with Crippen molar-refractivity contribution < 1.29 is 13.9 Å². The van der Waals surface area contributed by atoms with Gasteiger partial charge < -0.3 is 9.15 Å². The molecule has 3 aromatic rings. The summed E-state index contributed by atoms with van der Waals surface area (Å²) in [6, 6.07) is 13.5. The van der Waals surface area contributed by atoms with Crippen molar-refractivity contribution >= 4 is 11.9 Å². The summed E-state index contributed by atoms with van der Waals surface area (Å²) in [7, 11) is 0. The Morgan fingerprint density at radius 1 is 1.15 bits per heavy atom. The van der Waals surface area contributed by atoms with E-state index in [1.54, 1.807) is 30.6 Å². The van der Waals surface area contributed by atoms with Gasteiger partial charge in [-0.05, 0) is 78.9 Å². The molecular weight excluding hydrogens is 326 g/mol. The number of aryl methyl sites for hydroxylation is 2. The zero-order valence-corrected chi connectivity index (χ0v) is 14.4. The summed E-state index contributed by atoms with van der Waals surface area (Å²) in [6.45, 7) is 0.364. The number of hydrogen-bond acceptors (Lipinski definition) is 4. The summed E-state index contributed by atoms with van der Waals surface area (Å²) in [5.41, 5.74) is 3.37. The molecule has 1 aromatic carbocycles. The molecule has 2 heterocycles. The molecule has 0 aliphatic heterocycles. The van der Waals surface area contributed by atoms with Crippen molar-refractivity contribution in [1.29, 1.82) is 0 Å². The summed E-state index contributed by atoms with van der Waals surface area (Å²) >= 11 is 0. The smallest absolute Gasteiger partial charge is 0.187 e. The molecule has 0 saturated heterocycles. The molecule has 1 aliphatic rings. The van der Waals surface area contributed by atoms with E-state index in [0.29, 0.717) is 17.9 Å². The first-order valence-electron chi connectivity index (χ1n) is 8.74. The molecule has 4 nitrogen and oxygen atoms in total. The number of carbonyl (C=O) groups is 1. The molecule has 0 radical (unpaired) electrons. The molecule has 26 heavy (non-hydrogen) atoms. The van der Waals surface area contributed by atoms with Gasteiger partial charge in [-0.15, -0.1) is 0 Å². The number of nitrogens with zero attached hydrogens (tertiary/aromatic N) is 1. The fourth-order valence-electron chi connectivity index (χ4n) is 3.12. The average molecular weight is 345 g/mol. The molecule has 0 bridgehead atoms. The highest BCUT2D eigenvalue weighted by Crippen LogP contribution is 2.26. The van der Waals surface area contributed by atoms with Gasteiger partial charge in [0, 0.05) is 18.0 Å². The van der Waals surface area contributed by atoms with Crippen molar-refractivity contribution in [3.63, 3.8) is 0 Å².